The standard InChI is InChI=1S/C25H48N4O7.Na/c1-9-18(21(26)31)20(23(34)35)19(22(32)33)14-25(3,10-2)24(36)27-12-11-13-29(7,8)16-17(30)15-28(4,5)6;/h17-20,30H,9-16H2,1-8H3,(H3-2,26,27,31,32,33,34,35,36);/q;+1. The van der Waals surface area contributed by atoms with E-state index in [0.717, 1.165) is 0 Å². The van der Waals surface area contributed by atoms with Crippen LogP contribution in [0.15, 0.2) is 0 Å². The summed E-state index contributed by atoms with van der Waals surface area (Å²) in [7, 11) is 10.0. The average Bonchev–Trinajstić information content (AvgIpc) is 2.70. The molecular formula is C25H48N4NaO7+. The maximum Gasteiger partial charge on any atom is 1.00 e. The number of hydrogen-bond acceptors (Lipinski definition) is 7. The van der Waals surface area contributed by atoms with Crippen molar-refractivity contribution < 1.29 is 73.0 Å². The molecule has 5 unspecified atom stereocenters. The second kappa shape index (κ2) is 16.0. The van der Waals surface area contributed by atoms with Gasteiger partial charge in [-0.05, 0) is 19.3 Å². The van der Waals surface area contributed by atoms with E-state index in [4.69, 9.17) is 5.73 Å². The molecule has 0 aromatic heterocycles. The van der Waals surface area contributed by atoms with Crippen LogP contribution < -0.4 is 50.8 Å². The molecule has 210 valence electrons. The van der Waals surface area contributed by atoms with Crippen LogP contribution in [0.25, 0.3) is 0 Å². The zero-order chi connectivity index (χ0) is 28.5. The molecule has 0 aliphatic rings. The van der Waals surface area contributed by atoms with Crippen molar-refractivity contribution in [1.29, 1.82) is 0 Å². The normalized spacial score (nSPS) is 16.9. The summed E-state index contributed by atoms with van der Waals surface area (Å²) in [6, 6.07) is 0. The molecule has 0 saturated carbocycles. The van der Waals surface area contributed by atoms with E-state index >= 15 is 0 Å². The number of aliphatic carboxylic acids is 2. The third-order valence-corrected chi connectivity index (χ3v) is 6.94. The van der Waals surface area contributed by atoms with E-state index in [0.29, 0.717) is 41.6 Å². The largest absolute Gasteiger partial charge is 1.00 e. The SMILES string of the molecule is CCC(C(N)=O)C(C(=O)[O-])C(CC(C)(CC)C(=O)NCCC[N+](C)(C)CC(O)C[N+](C)(C)C)C(=O)[O-].[Na+]. The second-order valence-electron chi connectivity index (χ2n) is 11.9. The Labute approximate surface area is 244 Å². The molecule has 0 aliphatic carbocycles. The molecule has 0 radical (unpaired) electrons. The van der Waals surface area contributed by atoms with Crippen LogP contribution in [0.2, 0.25) is 0 Å². The van der Waals surface area contributed by atoms with E-state index in [1.165, 1.54) is 6.92 Å². The minimum absolute atomic E-state index is 0. The fraction of sp³-hybridized carbons (Fsp3) is 0.840. The van der Waals surface area contributed by atoms with Crippen molar-refractivity contribution in [3.8, 4) is 0 Å². The predicted octanol–water partition coefficient (Wildman–Crippen LogP) is -5.31. The van der Waals surface area contributed by atoms with Gasteiger partial charge < -0.3 is 44.9 Å². The van der Waals surface area contributed by atoms with E-state index in [9.17, 15) is 34.5 Å². The van der Waals surface area contributed by atoms with Crippen LogP contribution in [0.1, 0.15) is 46.5 Å². The van der Waals surface area contributed by atoms with Crippen molar-refractivity contribution >= 4 is 23.8 Å². The fourth-order valence-corrected chi connectivity index (χ4v) is 4.76. The van der Waals surface area contributed by atoms with Crippen molar-refractivity contribution in [2.75, 3.05) is 61.4 Å². The first-order valence-corrected chi connectivity index (χ1v) is 12.6. The Morgan fingerprint density at radius 3 is 1.89 bits per heavy atom. The second-order valence-corrected chi connectivity index (χ2v) is 11.9. The molecule has 0 aliphatic heterocycles. The van der Waals surface area contributed by atoms with Crippen LogP contribution >= 0.6 is 0 Å². The first-order chi connectivity index (χ1) is 16.3. The van der Waals surface area contributed by atoms with Crippen molar-refractivity contribution in [3.05, 3.63) is 0 Å². The van der Waals surface area contributed by atoms with E-state index in [-0.39, 0.29) is 48.8 Å². The summed E-state index contributed by atoms with van der Waals surface area (Å²) in [5.74, 6) is -9.30. The number of rotatable bonds is 18. The Kier molecular flexibility index (Phi) is 16.4. The van der Waals surface area contributed by atoms with Gasteiger partial charge in [-0.3, -0.25) is 9.59 Å². The van der Waals surface area contributed by atoms with Gasteiger partial charge in [0.15, 0.2) is 6.10 Å². The number of quaternary nitrogens is 2. The summed E-state index contributed by atoms with van der Waals surface area (Å²) in [4.78, 5) is 48.6. The molecule has 0 aromatic carbocycles. The summed E-state index contributed by atoms with van der Waals surface area (Å²) in [5, 5.41) is 37.0. The maximum absolute atomic E-state index is 13.1. The van der Waals surface area contributed by atoms with Gasteiger partial charge in [0.05, 0.1) is 41.8 Å². The number of likely N-dealkylation sites (N-methyl/N-ethyl adjacent to an activating group) is 2. The zero-order valence-electron chi connectivity index (χ0n) is 24.3. The van der Waals surface area contributed by atoms with E-state index in [1.807, 2.05) is 35.2 Å². The number of nitrogens with zero attached hydrogens (tertiary/aromatic N) is 2. The van der Waals surface area contributed by atoms with Gasteiger partial charge in [-0.25, -0.2) is 0 Å². The molecule has 2 amide bonds. The number of carbonyl (C=O) groups excluding carboxylic acids is 4. The summed E-state index contributed by atoms with van der Waals surface area (Å²) in [6.45, 7) is 7.02. The van der Waals surface area contributed by atoms with E-state index < -0.39 is 53.0 Å². The van der Waals surface area contributed by atoms with Crippen LogP contribution in [-0.4, -0.2) is 105 Å². The topological polar surface area (TPSA) is 173 Å². The van der Waals surface area contributed by atoms with Crippen molar-refractivity contribution in [2.24, 2.45) is 28.9 Å². The molecule has 0 aromatic rings. The number of carboxylic acids is 2. The summed E-state index contributed by atoms with van der Waals surface area (Å²) >= 11 is 0. The fourth-order valence-electron chi connectivity index (χ4n) is 4.76. The molecule has 37 heavy (non-hydrogen) atoms. The third-order valence-electron chi connectivity index (χ3n) is 6.94. The molecule has 11 nitrogen and oxygen atoms in total. The summed E-state index contributed by atoms with van der Waals surface area (Å²) in [5.41, 5.74) is 4.11. The van der Waals surface area contributed by atoms with Crippen LogP contribution in [0.4, 0.5) is 0 Å². The van der Waals surface area contributed by atoms with Gasteiger partial charge in [-0.2, -0.15) is 0 Å². The molecular weight excluding hydrogens is 491 g/mol. The van der Waals surface area contributed by atoms with Crippen LogP contribution in [0.5, 0.6) is 0 Å². The minimum Gasteiger partial charge on any atom is -0.550 e. The molecule has 0 fully saturated rings. The molecule has 5 atom stereocenters. The first kappa shape index (κ1) is 37.9. The number of aliphatic hydroxyl groups excluding tert-OH is 1. The number of carbonyl (C=O) groups is 4. The molecule has 12 heteroatoms. The van der Waals surface area contributed by atoms with Gasteiger partial charge in [0.1, 0.15) is 13.1 Å². The van der Waals surface area contributed by atoms with Gasteiger partial charge in [0, 0.05) is 48.1 Å². The quantitative estimate of drug-likeness (QED) is 0.0886. The van der Waals surface area contributed by atoms with Crippen molar-refractivity contribution in [1.82, 2.24) is 5.32 Å². The van der Waals surface area contributed by atoms with Crippen molar-refractivity contribution in [3.63, 3.8) is 0 Å². The van der Waals surface area contributed by atoms with Gasteiger partial charge >= 0.3 is 29.6 Å². The molecule has 0 spiro atoms. The maximum atomic E-state index is 13.1. The van der Waals surface area contributed by atoms with Crippen molar-refractivity contribution in [2.45, 2.75) is 52.6 Å². The third kappa shape index (κ3) is 13.4. The van der Waals surface area contributed by atoms with Gasteiger partial charge in [0.25, 0.3) is 0 Å². The first-order valence-electron chi connectivity index (χ1n) is 12.6. The molecule has 0 bridgehead atoms. The number of amides is 2. The Balaban J connectivity index is 0. The molecule has 0 rings (SSSR count). The number of nitrogens with one attached hydrogen (secondary N) is 1. The number of carboxylic acid groups (broad SMARTS) is 2. The van der Waals surface area contributed by atoms with Crippen LogP contribution in [0.3, 0.4) is 0 Å². The van der Waals surface area contributed by atoms with Crippen LogP contribution in [0, 0.1) is 23.2 Å². The predicted molar refractivity (Wildman–Crippen MR) is 131 cm³/mol. The Hall–Kier alpha value is -1.24. The number of primary amides is 1. The van der Waals surface area contributed by atoms with Crippen LogP contribution in [-0.2, 0) is 19.2 Å². The van der Waals surface area contributed by atoms with Gasteiger partial charge in [0.2, 0.25) is 11.8 Å². The molecule has 0 heterocycles. The molecule has 4 N–H and O–H groups in total. The average molecular weight is 540 g/mol. The van der Waals surface area contributed by atoms with E-state index in [1.54, 1.807) is 13.8 Å². The number of aliphatic hydroxyl groups is 1. The molecule has 0 saturated heterocycles. The van der Waals surface area contributed by atoms with E-state index in [2.05, 4.69) is 5.32 Å². The van der Waals surface area contributed by atoms with Gasteiger partial charge in [-0.15, -0.1) is 0 Å². The monoisotopic (exact) mass is 539 g/mol. The number of hydrogen-bond donors (Lipinski definition) is 3. The minimum atomic E-state index is -1.71. The Bertz CT molecular complexity index is 773. The summed E-state index contributed by atoms with van der Waals surface area (Å²) < 4.78 is 1.21. The number of nitrogens with two attached hydrogens (primary N) is 1. The Morgan fingerprint density at radius 1 is 0.973 bits per heavy atom. The zero-order valence-corrected chi connectivity index (χ0v) is 26.3. The Morgan fingerprint density at radius 2 is 1.51 bits per heavy atom. The smallest absolute Gasteiger partial charge is 0.550 e. The van der Waals surface area contributed by atoms with Gasteiger partial charge in [-0.1, -0.05) is 20.8 Å². The summed E-state index contributed by atoms with van der Waals surface area (Å²) in [6.07, 6.45) is 0.0852.